The van der Waals surface area contributed by atoms with Crippen LogP contribution in [0.3, 0.4) is 0 Å². The fourth-order valence-electron chi connectivity index (χ4n) is 6.26. The van der Waals surface area contributed by atoms with Gasteiger partial charge in [-0.15, -0.1) is 0 Å². The summed E-state index contributed by atoms with van der Waals surface area (Å²) in [5, 5.41) is 9.02. The second-order valence-corrected chi connectivity index (χ2v) is 11.2. The molecule has 10 nitrogen and oxygen atoms in total. The lowest BCUT2D eigenvalue weighted by molar-refractivity contribution is -0.147. The van der Waals surface area contributed by atoms with E-state index in [1.807, 2.05) is 23.9 Å². The number of halogens is 2. The van der Waals surface area contributed by atoms with Crippen LogP contribution >= 0.6 is 0 Å². The molecule has 38 heavy (non-hydrogen) atoms. The quantitative estimate of drug-likeness (QED) is 0.502. The van der Waals surface area contributed by atoms with Crippen LogP contribution in [-0.2, 0) is 9.53 Å². The Morgan fingerprint density at radius 3 is 2.66 bits per heavy atom. The van der Waals surface area contributed by atoms with Crippen molar-refractivity contribution in [3.8, 4) is 0 Å². The number of carbonyl (C=O) groups is 2. The highest BCUT2D eigenvalue weighted by atomic mass is 19.3. The van der Waals surface area contributed by atoms with Gasteiger partial charge in [0.05, 0.1) is 11.6 Å². The summed E-state index contributed by atoms with van der Waals surface area (Å²) in [5.41, 5.74) is 0.525. The first-order valence-electron chi connectivity index (χ1n) is 13.3. The SMILES string of the molecule is C=CCOC(=O)N1CC(c2noc(C(C)n3ccc(C4CCCC4)n3)n2)C2(C1)CN(C(=O)[C@H]1CC1(F)F)C2. The zero-order chi connectivity index (χ0) is 26.7. The molecule has 2 saturated heterocycles. The lowest BCUT2D eigenvalue weighted by Crippen LogP contribution is -2.62. The molecule has 2 saturated carbocycles. The molecule has 2 aliphatic carbocycles. The van der Waals surface area contributed by atoms with E-state index >= 15 is 0 Å². The minimum absolute atomic E-state index is 0.0744. The summed E-state index contributed by atoms with van der Waals surface area (Å²) >= 11 is 0. The van der Waals surface area contributed by atoms with Crippen molar-refractivity contribution in [2.75, 3.05) is 32.8 Å². The van der Waals surface area contributed by atoms with E-state index in [9.17, 15) is 18.4 Å². The van der Waals surface area contributed by atoms with Gasteiger partial charge in [0.15, 0.2) is 5.82 Å². The first kappa shape index (κ1) is 25.0. The van der Waals surface area contributed by atoms with Gasteiger partial charge in [-0.25, -0.2) is 13.6 Å². The molecule has 0 bridgehead atoms. The van der Waals surface area contributed by atoms with Gasteiger partial charge in [0.1, 0.15) is 18.6 Å². The molecule has 2 aromatic rings. The van der Waals surface area contributed by atoms with Crippen LogP contribution in [0, 0.1) is 11.3 Å². The maximum Gasteiger partial charge on any atom is 0.410 e. The van der Waals surface area contributed by atoms with Crippen molar-refractivity contribution < 1.29 is 27.6 Å². The first-order valence-corrected chi connectivity index (χ1v) is 13.3. The predicted molar refractivity (Wildman–Crippen MR) is 129 cm³/mol. The van der Waals surface area contributed by atoms with Gasteiger partial charge >= 0.3 is 6.09 Å². The lowest BCUT2D eigenvalue weighted by atomic mass is 9.71. The van der Waals surface area contributed by atoms with Gasteiger partial charge in [0, 0.05) is 50.1 Å². The highest BCUT2D eigenvalue weighted by molar-refractivity contribution is 5.84. The molecule has 4 heterocycles. The van der Waals surface area contributed by atoms with Crippen molar-refractivity contribution in [2.45, 2.75) is 62.8 Å². The average Bonchev–Trinajstić information content (AvgIpc) is 3.52. The number of aromatic nitrogens is 4. The number of likely N-dealkylation sites (tertiary alicyclic amines) is 2. The van der Waals surface area contributed by atoms with Gasteiger partial charge in [0.25, 0.3) is 11.8 Å². The Morgan fingerprint density at radius 1 is 1.26 bits per heavy atom. The van der Waals surface area contributed by atoms with E-state index in [0.29, 0.717) is 24.2 Å². The number of hydrogen-bond acceptors (Lipinski definition) is 7. The second-order valence-electron chi connectivity index (χ2n) is 11.2. The third kappa shape index (κ3) is 4.27. The van der Waals surface area contributed by atoms with E-state index in [0.717, 1.165) is 18.5 Å². The highest BCUT2D eigenvalue weighted by Gasteiger charge is 2.66. The lowest BCUT2D eigenvalue weighted by Gasteiger charge is -2.50. The van der Waals surface area contributed by atoms with Crippen molar-refractivity contribution >= 4 is 12.0 Å². The second kappa shape index (κ2) is 9.16. The minimum Gasteiger partial charge on any atom is -0.445 e. The van der Waals surface area contributed by atoms with Gasteiger partial charge in [-0.05, 0) is 25.8 Å². The van der Waals surface area contributed by atoms with E-state index < -0.39 is 35.7 Å². The molecular weight excluding hydrogens is 498 g/mol. The molecule has 4 aliphatic rings. The third-order valence-corrected chi connectivity index (χ3v) is 8.60. The smallest absolute Gasteiger partial charge is 0.410 e. The third-order valence-electron chi connectivity index (χ3n) is 8.60. The average molecular weight is 531 g/mol. The van der Waals surface area contributed by atoms with Crippen molar-refractivity contribution in [2.24, 2.45) is 11.3 Å². The molecule has 1 spiro atoms. The molecule has 0 N–H and O–H groups in total. The van der Waals surface area contributed by atoms with Crippen LogP contribution in [0.5, 0.6) is 0 Å². The van der Waals surface area contributed by atoms with E-state index in [2.05, 4.69) is 11.7 Å². The molecule has 3 atom stereocenters. The Hall–Kier alpha value is -3.31. The largest absolute Gasteiger partial charge is 0.445 e. The van der Waals surface area contributed by atoms with Crippen molar-refractivity contribution in [3.05, 3.63) is 42.3 Å². The monoisotopic (exact) mass is 530 g/mol. The summed E-state index contributed by atoms with van der Waals surface area (Å²) in [4.78, 5) is 32.9. The summed E-state index contributed by atoms with van der Waals surface area (Å²) in [6.45, 7) is 6.66. The molecule has 12 heteroatoms. The Morgan fingerprint density at radius 2 is 1.97 bits per heavy atom. The van der Waals surface area contributed by atoms with Gasteiger partial charge in [-0.3, -0.25) is 9.48 Å². The van der Waals surface area contributed by atoms with Crippen LogP contribution in [-0.4, -0.2) is 80.4 Å². The van der Waals surface area contributed by atoms with Crippen LogP contribution in [0.25, 0.3) is 0 Å². The number of carbonyl (C=O) groups excluding carboxylic acids is 2. The Bertz CT molecular complexity index is 1230. The van der Waals surface area contributed by atoms with Crippen LogP contribution < -0.4 is 0 Å². The normalized spacial score (nSPS) is 26.4. The topological polar surface area (TPSA) is 107 Å². The maximum absolute atomic E-state index is 13.5. The zero-order valence-corrected chi connectivity index (χ0v) is 21.4. The fraction of sp³-hybridized carbons (Fsp3) is 0.654. The van der Waals surface area contributed by atoms with Crippen molar-refractivity contribution in [1.29, 1.82) is 0 Å². The zero-order valence-electron chi connectivity index (χ0n) is 21.4. The molecule has 0 radical (unpaired) electrons. The first-order chi connectivity index (χ1) is 18.2. The number of ether oxygens (including phenoxy) is 1. The molecule has 2 amide bonds. The number of nitrogens with zero attached hydrogens (tertiary/aromatic N) is 6. The molecule has 2 unspecified atom stereocenters. The Balaban J connectivity index is 1.19. The molecule has 0 aromatic carbocycles. The Labute approximate surface area is 219 Å². The molecule has 2 aliphatic heterocycles. The van der Waals surface area contributed by atoms with E-state index in [-0.39, 0.29) is 38.2 Å². The van der Waals surface area contributed by atoms with Crippen LogP contribution in [0.15, 0.2) is 29.4 Å². The Kier molecular flexibility index (Phi) is 6.03. The molecule has 4 fully saturated rings. The summed E-state index contributed by atoms with van der Waals surface area (Å²) in [7, 11) is 0. The van der Waals surface area contributed by atoms with Gasteiger partial charge in [0.2, 0.25) is 5.91 Å². The molecule has 6 rings (SSSR count). The van der Waals surface area contributed by atoms with Gasteiger partial charge in [-0.1, -0.05) is 30.7 Å². The van der Waals surface area contributed by atoms with Gasteiger partial charge in [-0.2, -0.15) is 10.1 Å². The van der Waals surface area contributed by atoms with E-state index in [1.54, 1.807) is 4.90 Å². The van der Waals surface area contributed by atoms with Crippen LogP contribution in [0.2, 0.25) is 0 Å². The number of amides is 2. The standard InChI is InChI=1S/C26H32F2N6O4/c1-3-10-37-24(36)32-12-19(25(13-32)14-33(15-25)23(35)18-11-26(18,27)28)21-29-22(38-31-21)16(2)34-9-8-20(30-34)17-6-4-5-7-17/h3,8-9,16-19H,1,4-7,10-15H2,2H3/t16?,18-,19?/m1/s1. The minimum atomic E-state index is -2.92. The summed E-state index contributed by atoms with van der Waals surface area (Å²) < 4.78 is 39.7. The van der Waals surface area contributed by atoms with Crippen LogP contribution in [0.1, 0.15) is 74.3 Å². The number of hydrogen-bond donors (Lipinski definition) is 0. The summed E-state index contributed by atoms with van der Waals surface area (Å²) in [5.74, 6) is -3.71. The summed E-state index contributed by atoms with van der Waals surface area (Å²) in [6, 6.07) is 1.76. The van der Waals surface area contributed by atoms with E-state index in [1.165, 1.54) is 23.8 Å². The van der Waals surface area contributed by atoms with Crippen LogP contribution in [0.4, 0.5) is 13.6 Å². The van der Waals surface area contributed by atoms with Crippen molar-refractivity contribution in [1.82, 2.24) is 29.7 Å². The molecular formula is C26H32F2N6O4. The maximum atomic E-state index is 13.5. The predicted octanol–water partition coefficient (Wildman–Crippen LogP) is 3.74. The molecule has 204 valence electrons. The molecule has 2 aromatic heterocycles. The number of rotatable bonds is 7. The highest BCUT2D eigenvalue weighted by Crippen LogP contribution is 2.54. The van der Waals surface area contributed by atoms with Crippen molar-refractivity contribution in [3.63, 3.8) is 0 Å². The van der Waals surface area contributed by atoms with E-state index in [4.69, 9.17) is 19.3 Å². The number of alkyl halides is 2. The summed E-state index contributed by atoms with van der Waals surface area (Å²) in [6.07, 6.45) is 7.29. The van der Waals surface area contributed by atoms with Gasteiger partial charge < -0.3 is 19.1 Å². The fourth-order valence-corrected chi connectivity index (χ4v) is 6.26.